The van der Waals surface area contributed by atoms with Crippen LogP contribution in [0.15, 0.2) is 24.8 Å². The van der Waals surface area contributed by atoms with Gasteiger partial charge in [0.1, 0.15) is 11.5 Å². The summed E-state index contributed by atoms with van der Waals surface area (Å²) < 4.78 is 56.3. The molecule has 7 nitrogen and oxygen atoms in total. The molecule has 0 radical (unpaired) electrons. The van der Waals surface area contributed by atoms with E-state index in [0.717, 1.165) is 6.20 Å². The molecule has 1 aliphatic carbocycles. The lowest BCUT2D eigenvalue weighted by molar-refractivity contribution is -0.345. The van der Waals surface area contributed by atoms with Gasteiger partial charge in [0.05, 0.1) is 18.6 Å². The number of halogens is 4. The second kappa shape index (κ2) is 7.59. The van der Waals surface area contributed by atoms with Crippen LogP contribution in [0.1, 0.15) is 36.2 Å². The summed E-state index contributed by atoms with van der Waals surface area (Å²) in [5.41, 5.74) is -0.141. The Morgan fingerprint density at radius 1 is 1.30 bits per heavy atom. The van der Waals surface area contributed by atoms with Gasteiger partial charge in [-0.3, -0.25) is 14.4 Å². The molecular weight excluding hydrogens is 370 g/mol. The number of carbonyl (C=O) groups is 1. The lowest BCUT2D eigenvalue weighted by atomic mass is 9.91. The predicted octanol–water partition coefficient (Wildman–Crippen LogP) is 2.84. The van der Waals surface area contributed by atoms with Gasteiger partial charge in [0.2, 0.25) is 0 Å². The molecule has 1 saturated carbocycles. The first-order chi connectivity index (χ1) is 12.7. The molecule has 0 bridgehead atoms. The van der Waals surface area contributed by atoms with Crippen LogP contribution in [0.2, 0.25) is 0 Å². The quantitative estimate of drug-likeness (QED) is 0.596. The first-order valence-corrected chi connectivity index (χ1v) is 8.27. The zero-order valence-electron chi connectivity index (χ0n) is 14.4. The van der Waals surface area contributed by atoms with Gasteiger partial charge in [-0.25, -0.2) is 9.97 Å². The number of aromatic nitrogens is 4. The second-order valence-corrected chi connectivity index (χ2v) is 6.24. The molecule has 0 spiro atoms. The summed E-state index contributed by atoms with van der Waals surface area (Å²) in [5.74, 6) is -0.126. The Morgan fingerprint density at radius 3 is 2.56 bits per heavy atom. The minimum Gasteiger partial charge on any atom is -0.320 e. The molecule has 0 unspecified atom stereocenters. The largest absolute Gasteiger partial charge is 0.522 e. The van der Waals surface area contributed by atoms with E-state index in [9.17, 15) is 22.4 Å². The Bertz CT molecular complexity index is 802. The molecule has 0 atom stereocenters. The average molecular weight is 387 g/mol. The topological polar surface area (TPSA) is 73.1 Å². The summed E-state index contributed by atoms with van der Waals surface area (Å²) in [6.07, 6.45) is -1.69. The first kappa shape index (κ1) is 19.2. The summed E-state index contributed by atoms with van der Waals surface area (Å²) >= 11 is 0. The van der Waals surface area contributed by atoms with Crippen LogP contribution in [-0.2, 0) is 11.8 Å². The Balaban J connectivity index is 1.82. The molecule has 11 heteroatoms. The van der Waals surface area contributed by atoms with Gasteiger partial charge < -0.3 is 4.57 Å². The molecule has 0 aromatic carbocycles. The van der Waals surface area contributed by atoms with E-state index >= 15 is 0 Å². The van der Waals surface area contributed by atoms with Crippen molar-refractivity contribution < 1.29 is 27.1 Å². The molecule has 0 saturated heterocycles. The molecule has 1 amide bonds. The highest BCUT2D eigenvalue weighted by Gasteiger charge is 2.38. The van der Waals surface area contributed by atoms with Crippen LogP contribution < -0.4 is 4.90 Å². The number of alkyl halides is 3. The zero-order chi connectivity index (χ0) is 19.6. The van der Waals surface area contributed by atoms with Crippen molar-refractivity contribution in [1.29, 1.82) is 0 Å². The normalized spacial score (nSPS) is 20.5. The number of ether oxygens (including phenoxy) is 1. The van der Waals surface area contributed by atoms with Crippen LogP contribution in [0, 0.1) is 6.08 Å². The van der Waals surface area contributed by atoms with Crippen molar-refractivity contribution in [2.45, 2.75) is 44.2 Å². The van der Waals surface area contributed by atoms with Crippen molar-refractivity contribution in [2.24, 2.45) is 7.05 Å². The number of aryl methyl sites for hydroxylation is 1. The molecular formula is C16H17F4N5O2. The third-order valence-electron chi connectivity index (χ3n) is 4.41. The Hall–Kier alpha value is -2.56. The summed E-state index contributed by atoms with van der Waals surface area (Å²) in [6.45, 7) is 0. The molecule has 2 heterocycles. The van der Waals surface area contributed by atoms with Gasteiger partial charge in [0.25, 0.3) is 5.91 Å². The Labute approximate surface area is 152 Å². The molecule has 0 aliphatic heterocycles. The van der Waals surface area contributed by atoms with Crippen molar-refractivity contribution in [3.63, 3.8) is 0 Å². The monoisotopic (exact) mass is 387 g/mol. The second-order valence-electron chi connectivity index (χ2n) is 6.24. The molecule has 27 heavy (non-hydrogen) atoms. The maximum absolute atomic E-state index is 13.3. The van der Waals surface area contributed by atoms with E-state index in [0.29, 0.717) is 18.7 Å². The molecule has 146 valence electrons. The fourth-order valence-electron chi connectivity index (χ4n) is 3.23. The number of imidazole rings is 1. The van der Waals surface area contributed by atoms with Crippen LogP contribution in [0.3, 0.4) is 0 Å². The lowest BCUT2D eigenvalue weighted by Crippen LogP contribution is -2.45. The van der Waals surface area contributed by atoms with Crippen LogP contribution in [0.5, 0.6) is 0 Å². The van der Waals surface area contributed by atoms with E-state index in [1.54, 1.807) is 11.6 Å². The van der Waals surface area contributed by atoms with Crippen LogP contribution in [0.25, 0.3) is 0 Å². The summed E-state index contributed by atoms with van der Waals surface area (Å²) in [5, 5.41) is 0. The fourth-order valence-corrected chi connectivity index (χ4v) is 3.23. The van der Waals surface area contributed by atoms with Gasteiger partial charge in [-0.15, -0.1) is 13.2 Å². The van der Waals surface area contributed by atoms with Crippen molar-refractivity contribution in [1.82, 2.24) is 19.5 Å². The SMILES string of the molecule is Cn1cncc1N(C(=O)c1ccnc(F)n1)C1CCC(OC(F)(F)F)CC1. The maximum atomic E-state index is 13.3. The molecule has 0 N–H and O–H groups in total. The third kappa shape index (κ3) is 4.59. The minimum atomic E-state index is -4.69. The van der Waals surface area contributed by atoms with Gasteiger partial charge in [-0.05, 0) is 31.7 Å². The fraction of sp³-hybridized carbons (Fsp3) is 0.500. The highest BCUT2D eigenvalue weighted by Crippen LogP contribution is 2.32. The number of nitrogens with zero attached hydrogens (tertiary/aromatic N) is 5. The molecule has 2 aromatic heterocycles. The zero-order valence-corrected chi connectivity index (χ0v) is 14.4. The standard InChI is InChI=1S/C16H17F4N5O2/c1-24-9-21-8-13(24)25(14(26)12-6-7-22-15(17)23-12)10-2-4-11(5-3-10)27-16(18,19)20/h6-11H,2-5H2,1H3. The van der Waals surface area contributed by atoms with Gasteiger partial charge in [-0.2, -0.15) is 9.37 Å². The molecule has 1 aliphatic rings. The molecule has 2 aromatic rings. The smallest absolute Gasteiger partial charge is 0.320 e. The van der Waals surface area contributed by atoms with E-state index in [2.05, 4.69) is 19.7 Å². The average Bonchev–Trinajstić information content (AvgIpc) is 3.01. The minimum absolute atomic E-state index is 0.141. The first-order valence-electron chi connectivity index (χ1n) is 8.27. The summed E-state index contributed by atoms with van der Waals surface area (Å²) in [6, 6.07) is 0.895. The summed E-state index contributed by atoms with van der Waals surface area (Å²) in [4.78, 5) is 25.2. The van der Waals surface area contributed by atoms with Gasteiger partial charge in [0.15, 0.2) is 0 Å². The van der Waals surface area contributed by atoms with Crippen LogP contribution in [-0.4, -0.2) is 43.9 Å². The maximum Gasteiger partial charge on any atom is 0.522 e. The van der Waals surface area contributed by atoms with E-state index in [1.807, 2.05) is 0 Å². The van der Waals surface area contributed by atoms with E-state index in [4.69, 9.17) is 0 Å². The van der Waals surface area contributed by atoms with Gasteiger partial charge in [0, 0.05) is 19.3 Å². The van der Waals surface area contributed by atoms with E-state index in [-0.39, 0.29) is 24.6 Å². The number of amides is 1. The van der Waals surface area contributed by atoms with Crippen LogP contribution in [0.4, 0.5) is 23.4 Å². The number of carbonyl (C=O) groups excluding carboxylic acids is 1. The lowest BCUT2D eigenvalue weighted by Gasteiger charge is -2.36. The van der Waals surface area contributed by atoms with Crippen molar-refractivity contribution in [3.05, 3.63) is 36.6 Å². The van der Waals surface area contributed by atoms with Crippen LogP contribution >= 0.6 is 0 Å². The van der Waals surface area contributed by atoms with E-state index in [1.165, 1.54) is 23.5 Å². The van der Waals surface area contributed by atoms with Crippen molar-refractivity contribution in [3.8, 4) is 0 Å². The molecule has 1 fully saturated rings. The van der Waals surface area contributed by atoms with Crippen molar-refractivity contribution in [2.75, 3.05) is 4.90 Å². The molecule has 3 rings (SSSR count). The van der Waals surface area contributed by atoms with Gasteiger partial charge in [-0.1, -0.05) is 0 Å². The number of hydrogen-bond acceptors (Lipinski definition) is 5. The summed E-state index contributed by atoms with van der Waals surface area (Å²) in [7, 11) is 1.68. The number of hydrogen-bond donors (Lipinski definition) is 0. The van der Waals surface area contributed by atoms with Gasteiger partial charge >= 0.3 is 12.4 Å². The Morgan fingerprint density at radius 2 is 2.00 bits per heavy atom. The number of rotatable bonds is 4. The predicted molar refractivity (Wildman–Crippen MR) is 85.2 cm³/mol. The van der Waals surface area contributed by atoms with Crippen molar-refractivity contribution >= 4 is 11.7 Å². The Kier molecular flexibility index (Phi) is 5.40. The highest BCUT2D eigenvalue weighted by atomic mass is 19.4. The number of anilines is 1. The highest BCUT2D eigenvalue weighted by molar-refractivity contribution is 6.04. The third-order valence-corrected chi connectivity index (χ3v) is 4.41. The van der Waals surface area contributed by atoms with E-state index < -0.39 is 24.5 Å².